The molecule has 13 nitrogen and oxygen atoms in total. The maximum absolute atomic E-state index is 11.8. The average Bonchev–Trinajstić information content (AvgIpc) is 3.36. The number of nitrogens with two attached hydrogens (primary N) is 1. The smallest absolute Gasteiger partial charge is 0.303 e. The van der Waals surface area contributed by atoms with E-state index in [0.29, 0.717) is 22.4 Å². The molecule has 0 radical (unpaired) electrons. The number of hydrogen-bond donors (Lipinski definition) is 1. The zero-order chi connectivity index (χ0) is 22.3. The van der Waals surface area contributed by atoms with Gasteiger partial charge in [0.1, 0.15) is 30.1 Å². The summed E-state index contributed by atoms with van der Waals surface area (Å²) in [6, 6.07) is 0. The van der Waals surface area contributed by atoms with Crippen LogP contribution in [-0.2, 0) is 33.3 Å². The minimum Gasteiger partial charge on any atom is -0.463 e. The molecule has 3 aromatic rings. The summed E-state index contributed by atoms with van der Waals surface area (Å²) in [6.45, 7) is 3.48. The SMILES string of the molecule is CC(=O)OC[C@H]1O[C@@H](n2cnc3c2ncn2ncc(N)c32)[C@H](OC(C)=O)[C@@H]1OC(C)=O. The predicted octanol–water partition coefficient (Wildman–Crippen LogP) is -0.0149. The molecule has 0 bridgehead atoms. The van der Waals surface area contributed by atoms with Crippen molar-refractivity contribution in [2.75, 3.05) is 12.3 Å². The number of anilines is 1. The lowest BCUT2D eigenvalue weighted by Gasteiger charge is -2.23. The van der Waals surface area contributed by atoms with Gasteiger partial charge in [-0.2, -0.15) is 5.10 Å². The second-order valence-corrected chi connectivity index (χ2v) is 6.98. The fourth-order valence-corrected chi connectivity index (χ4v) is 3.57. The number of nitrogen functional groups attached to an aromatic ring is 1. The number of ether oxygens (including phenoxy) is 4. The molecule has 4 heterocycles. The number of nitrogens with zero attached hydrogens (tertiary/aromatic N) is 5. The van der Waals surface area contributed by atoms with E-state index in [1.165, 1.54) is 44.1 Å². The van der Waals surface area contributed by atoms with Crippen LogP contribution in [0.25, 0.3) is 16.7 Å². The van der Waals surface area contributed by atoms with Crippen molar-refractivity contribution in [1.29, 1.82) is 0 Å². The Morgan fingerprint density at radius 1 is 1.06 bits per heavy atom. The Balaban J connectivity index is 1.78. The Morgan fingerprint density at radius 3 is 2.45 bits per heavy atom. The average molecular weight is 432 g/mol. The zero-order valence-corrected chi connectivity index (χ0v) is 16.9. The van der Waals surface area contributed by atoms with E-state index in [2.05, 4.69) is 15.1 Å². The van der Waals surface area contributed by atoms with Crippen molar-refractivity contribution in [3.63, 3.8) is 0 Å². The molecule has 4 atom stereocenters. The highest BCUT2D eigenvalue weighted by Gasteiger charge is 2.51. The van der Waals surface area contributed by atoms with Gasteiger partial charge in [-0.25, -0.2) is 14.5 Å². The van der Waals surface area contributed by atoms with Crippen LogP contribution in [0.3, 0.4) is 0 Å². The molecule has 0 saturated carbocycles. The normalized spacial score (nSPS) is 23.2. The largest absolute Gasteiger partial charge is 0.463 e. The van der Waals surface area contributed by atoms with Gasteiger partial charge in [0, 0.05) is 20.8 Å². The van der Waals surface area contributed by atoms with Crippen LogP contribution in [0.4, 0.5) is 5.69 Å². The molecule has 0 aliphatic carbocycles. The van der Waals surface area contributed by atoms with Crippen molar-refractivity contribution in [1.82, 2.24) is 24.1 Å². The van der Waals surface area contributed by atoms with Crippen LogP contribution in [-0.4, -0.2) is 67.0 Å². The summed E-state index contributed by atoms with van der Waals surface area (Å²) in [6.07, 6.45) is 0.481. The van der Waals surface area contributed by atoms with Crippen LogP contribution in [0.15, 0.2) is 18.9 Å². The van der Waals surface area contributed by atoms with E-state index in [0.717, 1.165) is 0 Å². The Kier molecular flexibility index (Phi) is 5.19. The molecule has 2 N–H and O–H groups in total. The molecule has 1 saturated heterocycles. The molecule has 0 spiro atoms. The highest BCUT2D eigenvalue weighted by Crippen LogP contribution is 2.36. The zero-order valence-electron chi connectivity index (χ0n) is 16.9. The summed E-state index contributed by atoms with van der Waals surface area (Å²) in [5.74, 6) is -1.75. The van der Waals surface area contributed by atoms with Gasteiger partial charge in [-0.05, 0) is 0 Å². The summed E-state index contributed by atoms with van der Waals surface area (Å²) in [5, 5.41) is 4.10. The first-order valence-electron chi connectivity index (χ1n) is 9.34. The number of imidazole rings is 1. The molecule has 0 aromatic carbocycles. The van der Waals surface area contributed by atoms with Gasteiger partial charge >= 0.3 is 17.9 Å². The number of rotatable bonds is 5. The minimum absolute atomic E-state index is 0.207. The van der Waals surface area contributed by atoms with Gasteiger partial charge < -0.3 is 24.7 Å². The molecule has 0 unspecified atom stereocenters. The summed E-state index contributed by atoms with van der Waals surface area (Å²) >= 11 is 0. The lowest BCUT2D eigenvalue weighted by molar-refractivity contribution is -0.166. The van der Waals surface area contributed by atoms with Crippen molar-refractivity contribution in [3.8, 4) is 0 Å². The van der Waals surface area contributed by atoms with Crippen molar-refractivity contribution >= 4 is 40.3 Å². The molecule has 0 amide bonds. The topological polar surface area (TPSA) is 162 Å². The van der Waals surface area contributed by atoms with Crippen molar-refractivity contribution in [2.45, 2.75) is 45.3 Å². The van der Waals surface area contributed by atoms with Crippen LogP contribution in [0, 0.1) is 0 Å². The second-order valence-electron chi connectivity index (χ2n) is 6.98. The summed E-state index contributed by atoms with van der Waals surface area (Å²) < 4.78 is 24.9. The van der Waals surface area contributed by atoms with Crippen LogP contribution >= 0.6 is 0 Å². The van der Waals surface area contributed by atoms with Gasteiger partial charge in [-0.15, -0.1) is 0 Å². The van der Waals surface area contributed by atoms with Crippen LogP contribution in [0.1, 0.15) is 27.0 Å². The lowest BCUT2D eigenvalue weighted by atomic mass is 10.1. The summed E-state index contributed by atoms with van der Waals surface area (Å²) in [4.78, 5) is 43.5. The molecule has 31 heavy (non-hydrogen) atoms. The maximum Gasteiger partial charge on any atom is 0.303 e. The van der Waals surface area contributed by atoms with Crippen molar-refractivity contribution in [2.24, 2.45) is 0 Å². The molecule has 1 aliphatic heterocycles. The third kappa shape index (κ3) is 3.74. The first-order valence-corrected chi connectivity index (χ1v) is 9.34. The monoisotopic (exact) mass is 432 g/mol. The second kappa shape index (κ2) is 7.83. The van der Waals surface area contributed by atoms with Gasteiger partial charge in [0.2, 0.25) is 0 Å². The maximum atomic E-state index is 11.8. The van der Waals surface area contributed by atoms with Crippen molar-refractivity contribution < 1.29 is 33.3 Å². The highest BCUT2D eigenvalue weighted by atomic mass is 16.7. The third-order valence-electron chi connectivity index (χ3n) is 4.72. The van der Waals surface area contributed by atoms with E-state index < -0.39 is 42.4 Å². The summed E-state index contributed by atoms with van der Waals surface area (Å²) in [7, 11) is 0. The third-order valence-corrected chi connectivity index (χ3v) is 4.72. The molecule has 164 valence electrons. The summed E-state index contributed by atoms with van der Waals surface area (Å²) in [5.41, 5.74) is 7.80. The molecule has 1 aliphatic rings. The fourth-order valence-electron chi connectivity index (χ4n) is 3.57. The Labute approximate surface area is 175 Å². The molecule has 3 aromatic heterocycles. The standard InChI is InChI=1S/C18H20N6O7/c1-8(25)28-5-12-15(29-9(2)26)16(30-10(3)27)18(31-12)23-6-20-13-14-11(19)4-22-24(14)7-21-17(13)23/h4,6-7,12,15-16,18H,5,19H2,1-3H3/t12-,15-,16-,18-/m1/s1. The van der Waals surface area contributed by atoms with Crippen LogP contribution < -0.4 is 5.73 Å². The number of carbonyl (C=O) groups excluding carboxylic acids is 3. The van der Waals surface area contributed by atoms with Crippen LogP contribution in [0.5, 0.6) is 0 Å². The van der Waals surface area contributed by atoms with Gasteiger partial charge in [-0.3, -0.25) is 19.0 Å². The van der Waals surface area contributed by atoms with E-state index in [1.54, 1.807) is 4.57 Å². The number of esters is 3. The molecule has 1 fully saturated rings. The highest BCUT2D eigenvalue weighted by molar-refractivity contribution is 5.94. The lowest BCUT2D eigenvalue weighted by Crippen LogP contribution is -2.40. The number of carbonyl (C=O) groups is 3. The Bertz CT molecular complexity index is 1170. The van der Waals surface area contributed by atoms with Gasteiger partial charge in [-0.1, -0.05) is 0 Å². The van der Waals surface area contributed by atoms with E-state index >= 15 is 0 Å². The van der Waals surface area contributed by atoms with E-state index in [-0.39, 0.29) is 6.61 Å². The predicted molar refractivity (Wildman–Crippen MR) is 102 cm³/mol. The van der Waals surface area contributed by atoms with Crippen LogP contribution in [0.2, 0.25) is 0 Å². The van der Waals surface area contributed by atoms with Gasteiger partial charge in [0.15, 0.2) is 24.1 Å². The number of hydrogen-bond acceptors (Lipinski definition) is 11. The van der Waals surface area contributed by atoms with Crippen molar-refractivity contribution in [3.05, 3.63) is 18.9 Å². The van der Waals surface area contributed by atoms with E-state index in [9.17, 15) is 14.4 Å². The first kappa shape index (κ1) is 20.5. The number of fused-ring (bicyclic) bond motifs is 3. The van der Waals surface area contributed by atoms with E-state index in [4.69, 9.17) is 24.7 Å². The van der Waals surface area contributed by atoms with E-state index in [1.807, 2.05) is 0 Å². The quantitative estimate of drug-likeness (QED) is 0.426. The molecule has 4 rings (SSSR count). The fraction of sp³-hybridized carbons (Fsp3) is 0.444. The first-order chi connectivity index (χ1) is 14.8. The minimum atomic E-state index is -1.04. The molecular weight excluding hydrogens is 412 g/mol. The number of aromatic nitrogens is 5. The Morgan fingerprint density at radius 2 is 1.77 bits per heavy atom. The Hall–Kier alpha value is -3.74. The molecule has 13 heteroatoms. The van der Waals surface area contributed by atoms with Gasteiger partial charge in [0.05, 0.1) is 18.2 Å². The molecular formula is C18H20N6O7. The van der Waals surface area contributed by atoms with Gasteiger partial charge in [0.25, 0.3) is 0 Å².